The van der Waals surface area contributed by atoms with Crippen LogP contribution >= 0.6 is 11.6 Å². The third-order valence-electron chi connectivity index (χ3n) is 3.18. The molecule has 1 aliphatic rings. The summed E-state index contributed by atoms with van der Waals surface area (Å²) in [6.45, 7) is 3.19. The van der Waals surface area contributed by atoms with Gasteiger partial charge >= 0.3 is 0 Å². The maximum absolute atomic E-state index is 13.2. The summed E-state index contributed by atoms with van der Waals surface area (Å²) in [5.74, 6) is -0.369. The van der Waals surface area contributed by atoms with Crippen LogP contribution in [0.1, 0.15) is 13.3 Å². The standard InChI is InChI=1S/C12H16ClFN2/c1-8-5-10(7-16(8)2)15-9-3-4-11(13)12(14)6-9/h3-4,6,8,10,15H,5,7H2,1-2H3. The van der Waals surface area contributed by atoms with Crippen LogP contribution in [0.5, 0.6) is 0 Å². The van der Waals surface area contributed by atoms with E-state index in [1.807, 2.05) is 6.07 Å². The topological polar surface area (TPSA) is 15.3 Å². The second-order valence-corrected chi connectivity index (χ2v) is 4.90. The summed E-state index contributed by atoms with van der Waals surface area (Å²) in [4.78, 5) is 2.30. The fraction of sp³-hybridized carbons (Fsp3) is 0.500. The Labute approximate surface area is 100 Å². The molecule has 0 radical (unpaired) electrons. The number of likely N-dealkylation sites (N-methyl/N-ethyl adjacent to an activating group) is 1. The van der Waals surface area contributed by atoms with E-state index in [2.05, 4.69) is 24.2 Å². The van der Waals surface area contributed by atoms with Gasteiger partial charge in [0.1, 0.15) is 5.82 Å². The number of benzene rings is 1. The Bertz CT molecular complexity index is 373. The maximum Gasteiger partial charge on any atom is 0.143 e. The van der Waals surface area contributed by atoms with Crippen molar-refractivity contribution in [2.45, 2.75) is 25.4 Å². The summed E-state index contributed by atoms with van der Waals surface area (Å²) in [5, 5.41) is 3.50. The smallest absolute Gasteiger partial charge is 0.143 e. The van der Waals surface area contributed by atoms with Crippen molar-refractivity contribution >= 4 is 17.3 Å². The van der Waals surface area contributed by atoms with E-state index in [4.69, 9.17) is 11.6 Å². The van der Waals surface area contributed by atoms with Crippen LogP contribution in [0.25, 0.3) is 0 Å². The molecule has 0 aromatic heterocycles. The first-order valence-electron chi connectivity index (χ1n) is 5.48. The molecule has 0 bridgehead atoms. The van der Waals surface area contributed by atoms with E-state index in [0.29, 0.717) is 12.1 Å². The van der Waals surface area contributed by atoms with Gasteiger partial charge in [0.25, 0.3) is 0 Å². The predicted octanol–water partition coefficient (Wildman–Crippen LogP) is 2.98. The minimum Gasteiger partial charge on any atom is -0.381 e. The summed E-state index contributed by atoms with van der Waals surface area (Å²) in [6.07, 6.45) is 1.08. The van der Waals surface area contributed by atoms with Crippen molar-refractivity contribution in [3.8, 4) is 0 Å². The Balaban J connectivity index is 2.02. The number of hydrogen-bond acceptors (Lipinski definition) is 2. The summed E-state index contributed by atoms with van der Waals surface area (Å²) in [7, 11) is 2.11. The van der Waals surface area contributed by atoms with Gasteiger partial charge in [0.05, 0.1) is 5.02 Å². The summed E-state index contributed by atoms with van der Waals surface area (Å²) < 4.78 is 13.2. The molecule has 1 aromatic rings. The maximum atomic E-state index is 13.2. The predicted molar refractivity (Wildman–Crippen MR) is 65.5 cm³/mol. The van der Waals surface area contributed by atoms with Crippen LogP contribution < -0.4 is 5.32 Å². The third kappa shape index (κ3) is 2.47. The van der Waals surface area contributed by atoms with E-state index >= 15 is 0 Å². The normalized spacial score (nSPS) is 26.0. The quantitative estimate of drug-likeness (QED) is 0.858. The highest BCUT2D eigenvalue weighted by molar-refractivity contribution is 6.30. The lowest BCUT2D eigenvalue weighted by Crippen LogP contribution is -2.24. The minimum atomic E-state index is -0.369. The average Bonchev–Trinajstić information content (AvgIpc) is 2.52. The van der Waals surface area contributed by atoms with Gasteiger partial charge in [-0.3, -0.25) is 0 Å². The van der Waals surface area contributed by atoms with Crippen LogP contribution in [-0.2, 0) is 0 Å². The lowest BCUT2D eigenvalue weighted by atomic mass is 10.2. The fourth-order valence-electron chi connectivity index (χ4n) is 2.12. The van der Waals surface area contributed by atoms with E-state index in [1.54, 1.807) is 6.07 Å². The van der Waals surface area contributed by atoms with Gasteiger partial charge in [0, 0.05) is 24.3 Å². The van der Waals surface area contributed by atoms with Gasteiger partial charge in [-0.1, -0.05) is 11.6 Å². The van der Waals surface area contributed by atoms with Gasteiger partial charge in [-0.2, -0.15) is 0 Å². The molecule has 2 unspecified atom stereocenters. The largest absolute Gasteiger partial charge is 0.381 e. The number of anilines is 1. The van der Waals surface area contributed by atoms with Gasteiger partial charge in [0.15, 0.2) is 0 Å². The van der Waals surface area contributed by atoms with Crippen molar-refractivity contribution in [2.75, 3.05) is 18.9 Å². The van der Waals surface area contributed by atoms with Crippen LogP contribution in [0.3, 0.4) is 0 Å². The zero-order chi connectivity index (χ0) is 11.7. The third-order valence-corrected chi connectivity index (χ3v) is 3.48. The first kappa shape index (κ1) is 11.7. The van der Waals surface area contributed by atoms with Crippen LogP contribution in [0.2, 0.25) is 5.02 Å². The van der Waals surface area contributed by atoms with Crippen LogP contribution in [0.15, 0.2) is 18.2 Å². The van der Waals surface area contributed by atoms with E-state index in [9.17, 15) is 4.39 Å². The number of likely N-dealkylation sites (tertiary alicyclic amines) is 1. The van der Waals surface area contributed by atoms with E-state index in [-0.39, 0.29) is 10.8 Å². The Hall–Kier alpha value is -0.800. The van der Waals surface area contributed by atoms with Gasteiger partial charge in [-0.25, -0.2) is 4.39 Å². The molecule has 88 valence electrons. The molecular weight excluding hydrogens is 227 g/mol. The first-order chi connectivity index (χ1) is 7.56. The van der Waals surface area contributed by atoms with Crippen molar-refractivity contribution < 1.29 is 4.39 Å². The summed E-state index contributed by atoms with van der Waals surface area (Å²) in [5.41, 5.74) is 0.800. The van der Waals surface area contributed by atoms with Crippen molar-refractivity contribution in [3.05, 3.63) is 29.0 Å². The van der Waals surface area contributed by atoms with Gasteiger partial charge in [0.2, 0.25) is 0 Å². The summed E-state index contributed by atoms with van der Waals surface area (Å²) >= 11 is 5.63. The van der Waals surface area contributed by atoms with Gasteiger partial charge in [-0.15, -0.1) is 0 Å². The van der Waals surface area contributed by atoms with Crippen molar-refractivity contribution in [3.63, 3.8) is 0 Å². The zero-order valence-corrected chi connectivity index (χ0v) is 10.3. The molecule has 1 aliphatic heterocycles. The molecule has 1 fully saturated rings. The van der Waals surface area contributed by atoms with Crippen molar-refractivity contribution in [2.24, 2.45) is 0 Å². The Morgan fingerprint density at radius 2 is 2.25 bits per heavy atom. The van der Waals surface area contributed by atoms with E-state index in [0.717, 1.165) is 18.7 Å². The average molecular weight is 243 g/mol. The van der Waals surface area contributed by atoms with Crippen LogP contribution in [0.4, 0.5) is 10.1 Å². The second kappa shape index (κ2) is 4.60. The molecule has 0 saturated carbocycles. The molecule has 0 amide bonds. The van der Waals surface area contributed by atoms with Crippen molar-refractivity contribution in [1.29, 1.82) is 0 Å². The highest BCUT2D eigenvalue weighted by atomic mass is 35.5. The van der Waals surface area contributed by atoms with E-state index in [1.165, 1.54) is 6.07 Å². The monoisotopic (exact) mass is 242 g/mol. The molecular formula is C12H16ClFN2. The number of hydrogen-bond donors (Lipinski definition) is 1. The minimum absolute atomic E-state index is 0.169. The number of nitrogens with zero attached hydrogens (tertiary/aromatic N) is 1. The molecule has 1 aromatic carbocycles. The Morgan fingerprint density at radius 3 is 2.81 bits per heavy atom. The number of halogens is 2. The molecule has 1 N–H and O–H groups in total. The lowest BCUT2D eigenvalue weighted by Gasteiger charge is -2.14. The number of nitrogens with one attached hydrogen (secondary N) is 1. The fourth-order valence-corrected chi connectivity index (χ4v) is 2.24. The summed E-state index contributed by atoms with van der Waals surface area (Å²) in [6, 6.07) is 5.82. The molecule has 0 spiro atoms. The Morgan fingerprint density at radius 1 is 1.50 bits per heavy atom. The molecule has 0 aliphatic carbocycles. The van der Waals surface area contributed by atoms with Gasteiger partial charge < -0.3 is 10.2 Å². The molecule has 4 heteroatoms. The molecule has 2 nitrogen and oxygen atoms in total. The highest BCUT2D eigenvalue weighted by Crippen LogP contribution is 2.22. The van der Waals surface area contributed by atoms with Gasteiger partial charge in [-0.05, 0) is 38.6 Å². The van der Waals surface area contributed by atoms with Crippen LogP contribution in [0, 0.1) is 5.82 Å². The molecule has 1 heterocycles. The Kier molecular flexibility index (Phi) is 3.36. The SMILES string of the molecule is CC1CC(Nc2ccc(Cl)c(F)c2)CN1C. The lowest BCUT2D eigenvalue weighted by molar-refractivity contribution is 0.330. The first-order valence-corrected chi connectivity index (χ1v) is 5.86. The number of rotatable bonds is 2. The molecule has 2 atom stereocenters. The molecule has 1 saturated heterocycles. The van der Waals surface area contributed by atoms with Crippen molar-refractivity contribution in [1.82, 2.24) is 4.90 Å². The zero-order valence-electron chi connectivity index (χ0n) is 9.50. The van der Waals surface area contributed by atoms with Crippen LogP contribution in [-0.4, -0.2) is 30.6 Å². The second-order valence-electron chi connectivity index (χ2n) is 4.49. The molecule has 16 heavy (non-hydrogen) atoms. The highest BCUT2D eigenvalue weighted by Gasteiger charge is 2.25. The molecule has 2 rings (SSSR count). The van der Waals surface area contributed by atoms with E-state index < -0.39 is 0 Å².